The lowest BCUT2D eigenvalue weighted by atomic mass is 9.96. The van der Waals surface area contributed by atoms with Crippen molar-refractivity contribution in [1.29, 1.82) is 0 Å². The number of aliphatic hydroxyl groups excluding tert-OH is 1. The van der Waals surface area contributed by atoms with Crippen molar-refractivity contribution in [3.05, 3.63) is 68.2 Å². The van der Waals surface area contributed by atoms with Crippen molar-refractivity contribution >= 4 is 15.9 Å². The largest absolute Gasteiger partial charge is 0.384 e. The fraction of sp³-hybridized carbons (Fsp3) is 0.294. The Labute approximate surface area is 123 Å². The molecule has 0 aliphatic heterocycles. The highest BCUT2D eigenvalue weighted by Gasteiger charge is 2.13. The molecule has 0 bridgehead atoms. The van der Waals surface area contributed by atoms with Crippen molar-refractivity contribution in [2.75, 3.05) is 0 Å². The average molecular weight is 319 g/mol. The molecule has 1 nitrogen and oxygen atoms in total. The van der Waals surface area contributed by atoms with Crippen LogP contribution in [0.2, 0.25) is 0 Å². The Kier molecular flexibility index (Phi) is 4.12. The van der Waals surface area contributed by atoms with Crippen LogP contribution in [0.3, 0.4) is 0 Å². The first-order valence-corrected chi connectivity index (χ1v) is 7.21. The second-order valence-corrected chi connectivity index (χ2v) is 6.01. The summed E-state index contributed by atoms with van der Waals surface area (Å²) in [4.78, 5) is 0. The van der Waals surface area contributed by atoms with E-state index in [-0.39, 0.29) is 0 Å². The fourth-order valence-electron chi connectivity index (χ4n) is 2.26. The highest BCUT2D eigenvalue weighted by atomic mass is 79.9. The third kappa shape index (κ3) is 2.90. The van der Waals surface area contributed by atoms with E-state index < -0.39 is 6.10 Å². The summed E-state index contributed by atoms with van der Waals surface area (Å²) in [7, 11) is 0. The van der Waals surface area contributed by atoms with Crippen LogP contribution >= 0.6 is 15.9 Å². The molecule has 0 radical (unpaired) electrons. The van der Waals surface area contributed by atoms with Crippen molar-refractivity contribution in [3.8, 4) is 0 Å². The summed E-state index contributed by atoms with van der Waals surface area (Å²) in [6, 6.07) is 10.2. The smallest absolute Gasteiger partial charge is 0.104 e. The quantitative estimate of drug-likeness (QED) is 0.846. The van der Waals surface area contributed by atoms with Crippen LogP contribution in [-0.4, -0.2) is 5.11 Å². The standard InChI is InChI=1S/C17H19BrO/c1-10-5-6-14(7-11(10)2)17(19)15-8-12(3)16(18)13(4)9-15/h5-9,17,19H,1-4H3. The lowest BCUT2D eigenvalue weighted by molar-refractivity contribution is 0.220. The molecule has 1 N–H and O–H groups in total. The summed E-state index contributed by atoms with van der Waals surface area (Å²) < 4.78 is 1.11. The van der Waals surface area contributed by atoms with E-state index in [1.54, 1.807) is 0 Å². The summed E-state index contributed by atoms with van der Waals surface area (Å²) >= 11 is 3.56. The van der Waals surface area contributed by atoms with Crippen LogP contribution in [0.4, 0.5) is 0 Å². The predicted molar refractivity (Wildman–Crippen MR) is 83.6 cm³/mol. The number of hydrogen-bond acceptors (Lipinski definition) is 1. The van der Waals surface area contributed by atoms with Gasteiger partial charge in [-0.2, -0.15) is 0 Å². The summed E-state index contributed by atoms with van der Waals surface area (Å²) in [5.41, 5.74) is 6.66. The first-order valence-electron chi connectivity index (χ1n) is 6.42. The zero-order valence-electron chi connectivity index (χ0n) is 11.8. The zero-order valence-corrected chi connectivity index (χ0v) is 13.4. The minimum atomic E-state index is -0.565. The van der Waals surface area contributed by atoms with Crippen molar-refractivity contribution in [1.82, 2.24) is 0 Å². The van der Waals surface area contributed by atoms with Crippen LogP contribution in [0.1, 0.15) is 39.5 Å². The van der Waals surface area contributed by atoms with E-state index in [0.29, 0.717) is 0 Å². The van der Waals surface area contributed by atoms with Gasteiger partial charge in [-0.1, -0.05) is 46.3 Å². The van der Waals surface area contributed by atoms with Gasteiger partial charge in [0.15, 0.2) is 0 Å². The molecule has 0 aliphatic rings. The van der Waals surface area contributed by atoms with Gasteiger partial charge >= 0.3 is 0 Å². The van der Waals surface area contributed by atoms with E-state index in [1.807, 2.05) is 32.0 Å². The molecule has 0 aliphatic carbocycles. The van der Waals surface area contributed by atoms with Crippen molar-refractivity contribution in [2.45, 2.75) is 33.8 Å². The number of halogens is 1. The highest BCUT2D eigenvalue weighted by Crippen LogP contribution is 2.29. The molecule has 19 heavy (non-hydrogen) atoms. The first-order chi connectivity index (χ1) is 8.90. The van der Waals surface area contributed by atoms with E-state index in [1.165, 1.54) is 11.1 Å². The van der Waals surface area contributed by atoms with Gasteiger partial charge in [-0.3, -0.25) is 0 Å². The molecule has 2 aromatic carbocycles. The molecule has 0 amide bonds. The van der Waals surface area contributed by atoms with Gasteiger partial charge in [0.1, 0.15) is 6.10 Å². The fourth-order valence-corrected chi connectivity index (χ4v) is 2.49. The maximum Gasteiger partial charge on any atom is 0.104 e. The van der Waals surface area contributed by atoms with Crippen LogP contribution < -0.4 is 0 Å². The van der Waals surface area contributed by atoms with Crippen LogP contribution in [0.25, 0.3) is 0 Å². The SMILES string of the molecule is Cc1ccc(C(O)c2cc(C)c(Br)c(C)c2)cc1C. The van der Waals surface area contributed by atoms with Gasteiger partial charge < -0.3 is 5.11 Å². The molecule has 2 rings (SSSR count). The van der Waals surface area contributed by atoms with E-state index >= 15 is 0 Å². The van der Waals surface area contributed by atoms with Crippen LogP contribution in [0, 0.1) is 27.7 Å². The summed E-state index contributed by atoms with van der Waals surface area (Å²) in [6.07, 6.45) is -0.565. The maximum absolute atomic E-state index is 10.5. The molecule has 0 saturated carbocycles. The summed E-state index contributed by atoms with van der Waals surface area (Å²) in [6.45, 7) is 8.25. The van der Waals surface area contributed by atoms with E-state index in [0.717, 1.165) is 26.7 Å². The van der Waals surface area contributed by atoms with Gasteiger partial charge in [0, 0.05) is 4.47 Å². The van der Waals surface area contributed by atoms with Gasteiger partial charge in [-0.15, -0.1) is 0 Å². The number of hydrogen-bond donors (Lipinski definition) is 1. The van der Waals surface area contributed by atoms with E-state index in [2.05, 4.69) is 41.9 Å². The van der Waals surface area contributed by atoms with E-state index in [4.69, 9.17) is 0 Å². The Bertz CT molecular complexity index is 594. The second kappa shape index (κ2) is 5.48. The van der Waals surface area contributed by atoms with E-state index in [9.17, 15) is 5.11 Å². The van der Waals surface area contributed by atoms with Gasteiger partial charge in [0.25, 0.3) is 0 Å². The molecule has 0 aromatic heterocycles. The predicted octanol–water partition coefficient (Wildman–Crippen LogP) is 4.76. The lowest BCUT2D eigenvalue weighted by Gasteiger charge is -2.15. The van der Waals surface area contributed by atoms with Crippen molar-refractivity contribution in [3.63, 3.8) is 0 Å². The monoisotopic (exact) mass is 318 g/mol. The molecule has 1 unspecified atom stereocenters. The van der Waals surface area contributed by atoms with Crippen molar-refractivity contribution < 1.29 is 5.11 Å². The molecule has 100 valence electrons. The Morgan fingerprint density at radius 1 is 0.789 bits per heavy atom. The Morgan fingerprint density at radius 2 is 1.32 bits per heavy atom. The van der Waals surface area contributed by atoms with Gasteiger partial charge in [-0.25, -0.2) is 0 Å². The van der Waals surface area contributed by atoms with Gasteiger partial charge in [0.2, 0.25) is 0 Å². The Balaban J connectivity index is 2.43. The highest BCUT2D eigenvalue weighted by molar-refractivity contribution is 9.10. The maximum atomic E-state index is 10.5. The molecule has 0 heterocycles. The zero-order chi connectivity index (χ0) is 14.2. The van der Waals surface area contributed by atoms with Crippen molar-refractivity contribution in [2.24, 2.45) is 0 Å². The van der Waals surface area contributed by atoms with Crippen LogP contribution in [-0.2, 0) is 0 Å². The molecule has 0 fully saturated rings. The van der Waals surface area contributed by atoms with Gasteiger partial charge in [-0.05, 0) is 61.1 Å². The number of benzene rings is 2. The summed E-state index contributed by atoms with van der Waals surface area (Å²) in [5.74, 6) is 0. The Morgan fingerprint density at radius 3 is 1.84 bits per heavy atom. The molecule has 0 saturated heterocycles. The molecule has 0 spiro atoms. The third-order valence-electron chi connectivity index (χ3n) is 3.62. The third-order valence-corrected chi connectivity index (χ3v) is 4.87. The molecule has 2 heteroatoms. The first kappa shape index (κ1) is 14.3. The number of aliphatic hydroxyl groups is 1. The average Bonchev–Trinajstić information content (AvgIpc) is 2.37. The minimum absolute atomic E-state index is 0.565. The van der Waals surface area contributed by atoms with Crippen LogP contribution in [0.5, 0.6) is 0 Å². The molecular weight excluding hydrogens is 300 g/mol. The molecule has 1 atom stereocenters. The minimum Gasteiger partial charge on any atom is -0.384 e. The second-order valence-electron chi connectivity index (χ2n) is 5.21. The lowest BCUT2D eigenvalue weighted by Crippen LogP contribution is -2.02. The van der Waals surface area contributed by atoms with Gasteiger partial charge in [0.05, 0.1) is 0 Å². The number of rotatable bonds is 2. The molecule has 2 aromatic rings. The summed E-state index contributed by atoms with van der Waals surface area (Å²) in [5, 5.41) is 10.5. The van der Waals surface area contributed by atoms with Crippen LogP contribution in [0.15, 0.2) is 34.8 Å². The Hall–Kier alpha value is -1.12. The topological polar surface area (TPSA) is 20.2 Å². The normalized spacial score (nSPS) is 12.5. The molecular formula is C17H19BrO. The number of aryl methyl sites for hydroxylation is 4.